The van der Waals surface area contributed by atoms with Gasteiger partial charge in [-0.15, -0.1) is 0 Å². The Morgan fingerprint density at radius 2 is 2.28 bits per heavy atom. The maximum absolute atomic E-state index is 9.93. The minimum atomic E-state index is -0.766. The van der Waals surface area contributed by atoms with E-state index in [1.807, 2.05) is 19.1 Å². The third-order valence-corrected chi connectivity index (χ3v) is 3.79. The lowest BCUT2D eigenvalue weighted by Crippen LogP contribution is -2.31. The zero-order chi connectivity index (χ0) is 13.2. The highest BCUT2D eigenvalue weighted by molar-refractivity contribution is 5.39. The number of fused-ring (bicyclic) bond motifs is 1. The number of aliphatic hydroxyl groups is 1. The van der Waals surface area contributed by atoms with Crippen molar-refractivity contribution in [3.8, 4) is 5.75 Å². The molecule has 0 amide bonds. The van der Waals surface area contributed by atoms with Crippen molar-refractivity contribution in [3.63, 3.8) is 0 Å². The molecule has 1 unspecified atom stereocenters. The van der Waals surface area contributed by atoms with Crippen LogP contribution in [0.1, 0.15) is 50.3 Å². The Kier molecular flexibility index (Phi) is 3.93. The number of aryl methyl sites for hydroxylation is 1. The van der Waals surface area contributed by atoms with Gasteiger partial charge in [0.05, 0.1) is 5.60 Å². The van der Waals surface area contributed by atoms with E-state index in [0.29, 0.717) is 13.0 Å². The molecule has 18 heavy (non-hydrogen) atoms. The van der Waals surface area contributed by atoms with Crippen molar-refractivity contribution >= 4 is 0 Å². The number of rotatable bonds is 4. The summed E-state index contributed by atoms with van der Waals surface area (Å²) in [5.74, 6) is 0.805. The third kappa shape index (κ3) is 3.03. The standard InChI is InChI=1S/C15H23NO2/c1-3-15(2,17)10-18-12-8-7-11-5-4-6-14(16)13(11)9-12/h7-9,14,17H,3-6,10,16H2,1-2H3/t14-,15?/m1/s1. The minimum Gasteiger partial charge on any atom is -0.491 e. The van der Waals surface area contributed by atoms with Crippen LogP contribution < -0.4 is 10.5 Å². The first-order chi connectivity index (χ1) is 8.52. The zero-order valence-electron chi connectivity index (χ0n) is 11.3. The first kappa shape index (κ1) is 13.4. The summed E-state index contributed by atoms with van der Waals surface area (Å²) in [6, 6.07) is 6.24. The van der Waals surface area contributed by atoms with Gasteiger partial charge in [-0.25, -0.2) is 0 Å². The third-order valence-electron chi connectivity index (χ3n) is 3.79. The van der Waals surface area contributed by atoms with E-state index in [1.54, 1.807) is 6.92 Å². The number of nitrogens with two attached hydrogens (primary N) is 1. The molecule has 0 aliphatic heterocycles. The second-order valence-electron chi connectivity index (χ2n) is 5.50. The van der Waals surface area contributed by atoms with Crippen molar-refractivity contribution in [1.29, 1.82) is 0 Å². The predicted octanol–water partition coefficient (Wildman–Crippen LogP) is 2.56. The van der Waals surface area contributed by atoms with Crippen LogP contribution in [0.15, 0.2) is 18.2 Å². The molecule has 2 rings (SSSR count). The fourth-order valence-corrected chi connectivity index (χ4v) is 2.24. The Bertz CT molecular complexity index is 415. The number of ether oxygens (including phenoxy) is 1. The topological polar surface area (TPSA) is 55.5 Å². The SMILES string of the molecule is CCC(C)(O)COc1ccc2c(c1)[C@H](N)CCC2. The summed E-state index contributed by atoms with van der Waals surface area (Å²) in [5, 5.41) is 9.93. The fraction of sp³-hybridized carbons (Fsp3) is 0.600. The van der Waals surface area contributed by atoms with Crippen LogP contribution in [0.4, 0.5) is 0 Å². The van der Waals surface area contributed by atoms with Gasteiger partial charge in [0.25, 0.3) is 0 Å². The molecule has 1 aromatic rings. The van der Waals surface area contributed by atoms with Gasteiger partial charge in [0, 0.05) is 6.04 Å². The summed E-state index contributed by atoms with van der Waals surface area (Å²) in [6.45, 7) is 4.06. The molecule has 0 saturated heterocycles. The van der Waals surface area contributed by atoms with Crippen molar-refractivity contribution in [1.82, 2.24) is 0 Å². The molecule has 100 valence electrons. The molecule has 3 heteroatoms. The van der Waals surface area contributed by atoms with Crippen LogP contribution in [-0.4, -0.2) is 17.3 Å². The van der Waals surface area contributed by atoms with Crippen molar-refractivity contribution < 1.29 is 9.84 Å². The van der Waals surface area contributed by atoms with Gasteiger partial charge in [0.15, 0.2) is 0 Å². The highest BCUT2D eigenvalue weighted by atomic mass is 16.5. The first-order valence-electron chi connectivity index (χ1n) is 6.75. The summed E-state index contributed by atoms with van der Waals surface area (Å²) in [7, 11) is 0. The Morgan fingerprint density at radius 1 is 1.50 bits per heavy atom. The van der Waals surface area contributed by atoms with E-state index in [2.05, 4.69) is 6.07 Å². The molecule has 3 N–H and O–H groups in total. The largest absolute Gasteiger partial charge is 0.491 e. The van der Waals surface area contributed by atoms with Crippen molar-refractivity contribution in [2.75, 3.05) is 6.61 Å². The van der Waals surface area contributed by atoms with E-state index in [0.717, 1.165) is 18.6 Å². The normalized spacial score (nSPS) is 22.1. The monoisotopic (exact) mass is 249 g/mol. The number of benzene rings is 1. The Morgan fingerprint density at radius 3 is 3.00 bits per heavy atom. The molecular weight excluding hydrogens is 226 g/mol. The molecule has 0 bridgehead atoms. The number of hydrogen-bond acceptors (Lipinski definition) is 3. The average Bonchev–Trinajstić information content (AvgIpc) is 2.37. The highest BCUT2D eigenvalue weighted by Crippen LogP contribution is 2.31. The summed E-state index contributed by atoms with van der Waals surface area (Å²) in [6.07, 6.45) is 4.00. The summed E-state index contributed by atoms with van der Waals surface area (Å²) >= 11 is 0. The van der Waals surface area contributed by atoms with Crippen LogP contribution >= 0.6 is 0 Å². The molecule has 0 radical (unpaired) electrons. The van der Waals surface area contributed by atoms with Gasteiger partial charge in [0.2, 0.25) is 0 Å². The molecular formula is C15H23NO2. The average molecular weight is 249 g/mol. The fourth-order valence-electron chi connectivity index (χ4n) is 2.24. The quantitative estimate of drug-likeness (QED) is 0.862. The van der Waals surface area contributed by atoms with E-state index < -0.39 is 5.60 Å². The molecule has 0 fully saturated rings. The van der Waals surface area contributed by atoms with Crippen molar-refractivity contribution in [3.05, 3.63) is 29.3 Å². The molecule has 3 nitrogen and oxygen atoms in total. The van der Waals surface area contributed by atoms with Crippen molar-refractivity contribution in [2.24, 2.45) is 5.73 Å². The van der Waals surface area contributed by atoms with E-state index in [9.17, 15) is 5.11 Å². The second kappa shape index (κ2) is 5.29. The van der Waals surface area contributed by atoms with E-state index in [1.165, 1.54) is 17.5 Å². The summed E-state index contributed by atoms with van der Waals surface area (Å²) < 4.78 is 5.67. The van der Waals surface area contributed by atoms with Crippen LogP contribution in [-0.2, 0) is 6.42 Å². The summed E-state index contributed by atoms with van der Waals surface area (Å²) in [4.78, 5) is 0. The first-order valence-corrected chi connectivity index (χ1v) is 6.75. The molecule has 0 aromatic heterocycles. The maximum atomic E-state index is 9.93. The molecule has 1 aromatic carbocycles. The van der Waals surface area contributed by atoms with Crippen LogP contribution in [0, 0.1) is 0 Å². The molecule has 1 aliphatic carbocycles. The molecule has 1 aliphatic rings. The van der Waals surface area contributed by atoms with Gasteiger partial charge >= 0.3 is 0 Å². The maximum Gasteiger partial charge on any atom is 0.119 e. The molecule has 0 spiro atoms. The van der Waals surface area contributed by atoms with Gasteiger partial charge in [-0.3, -0.25) is 0 Å². The molecule has 2 atom stereocenters. The lowest BCUT2D eigenvalue weighted by molar-refractivity contribution is 0.00843. The van der Waals surface area contributed by atoms with Crippen LogP contribution in [0.2, 0.25) is 0 Å². The van der Waals surface area contributed by atoms with Crippen LogP contribution in [0.25, 0.3) is 0 Å². The van der Waals surface area contributed by atoms with Crippen LogP contribution in [0.5, 0.6) is 5.75 Å². The van der Waals surface area contributed by atoms with E-state index >= 15 is 0 Å². The van der Waals surface area contributed by atoms with E-state index in [-0.39, 0.29) is 6.04 Å². The van der Waals surface area contributed by atoms with Gasteiger partial charge in [-0.1, -0.05) is 13.0 Å². The zero-order valence-corrected chi connectivity index (χ0v) is 11.3. The van der Waals surface area contributed by atoms with Gasteiger partial charge in [0.1, 0.15) is 12.4 Å². The summed E-state index contributed by atoms with van der Waals surface area (Å²) in [5.41, 5.74) is 7.89. The Balaban J connectivity index is 2.09. The molecule has 0 saturated carbocycles. The Labute approximate surface area is 109 Å². The van der Waals surface area contributed by atoms with Gasteiger partial charge < -0.3 is 15.6 Å². The Hall–Kier alpha value is -1.06. The predicted molar refractivity (Wildman–Crippen MR) is 72.7 cm³/mol. The van der Waals surface area contributed by atoms with E-state index in [4.69, 9.17) is 10.5 Å². The van der Waals surface area contributed by atoms with Crippen LogP contribution in [0.3, 0.4) is 0 Å². The smallest absolute Gasteiger partial charge is 0.119 e. The second-order valence-corrected chi connectivity index (χ2v) is 5.50. The van der Waals surface area contributed by atoms with Gasteiger partial charge in [-0.2, -0.15) is 0 Å². The van der Waals surface area contributed by atoms with Gasteiger partial charge in [-0.05, 0) is 55.9 Å². The minimum absolute atomic E-state index is 0.129. The lowest BCUT2D eigenvalue weighted by Gasteiger charge is -2.25. The number of hydrogen-bond donors (Lipinski definition) is 2. The molecule has 0 heterocycles. The lowest BCUT2D eigenvalue weighted by atomic mass is 9.88. The highest BCUT2D eigenvalue weighted by Gasteiger charge is 2.20. The van der Waals surface area contributed by atoms with Crippen molar-refractivity contribution in [2.45, 2.75) is 51.2 Å².